The van der Waals surface area contributed by atoms with E-state index >= 15 is 0 Å². The van der Waals surface area contributed by atoms with Gasteiger partial charge in [-0.1, -0.05) is 60.7 Å². The Morgan fingerprint density at radius 2 is 0.963 bits per heavy atom. The molecule has 0 radical (unpaired) electrons. The van der Waals surface area contributed by atoms with Gasteiger partial charge in [0, 0.05) is 9.75 Å². The van der Waals surface area contributed by atoms with E-state index in [2.05, 4.69) is 0 Å². The molecule has 0 saturated heterocycles. The van der Waals surface area contributed by atoms with Crippen LogP contribution in [-0.2, 0) is 9.84 Å². The Balaban J connectivity index is 1.78. The lowest BCUT2D eigenvalue weighted by atomic mass is 10.1. The smallest absolute Gasteiger partial charge is 0.210 e. The van der Waals surface area contributed by atoms with Crippen LogP contribution >= 0.6 is 22.7 Å². The molecule has 0 saturated carbocycles. The van der Waals surface area contributed by atoms with Crippen molar-refractivity contribution < 1.29 is 8.42 Å². The van der Waals surface area contributed by atoms with Crippen molar-refractivity contribution in [1.82, 2.24) is 0 Å². The molecule has 0 fully saturated rings. The van der Waals surface area contributed by atoms with Gasteiger partial charge >= 0.3 is 0 Å². The van der Waals surface area contributed by atoms with E-state index in [9.17, 15) is 8.42 Å². The number of hydrogen-bond donors (Lipinski definition) is 0. The van der Waals surface area contributed by atoms with Gasteiger partial charge in [-0.05, 0) is 36.1 Å². The first kappa shape index (κ1) is 16.9. The summed E-state index contributed by atoms with van der Waals surface area (Å²) >= 11 is 3.19. The van der Waals surface area contributed by atoms with Gasteiger partial charge in [0.05, 0.1) is 19.5 Å². The van der Waals surface area contributed by atoms with Gasteiger partial charge in [0.25, 0.3) is 0 Å². The first-order valence-corrected chi connectivity index (χ1v) is 11.7. The van der Waals surface area contributed by atoms with E-state index in [-0.39, 0.29) is 0 Å². The fraction of sp³-hybridized carbons (Fsp3) is 0.0909. The third-order valence-electron chi connectivity index (χ3n) is 5.00. The summed E-state index contributed by atoms with van der Waals surface area (Å²) in [6, 6.07) is 20.1. The highest BCUT2D eigenvalue weighted by Crippen LogP contribution is 2.58. The largest absolute Gasteiger partial charge is 0.218 e. The average Bonchev–Trinajstić information content (AvgIpc) is 3.27. The van der Waals surface area contributed by atoms with Crippen molar-refractivity contribution in [1.29, 1.82) is 0 Å². The van der Waals surface area contributed by atoms with E-state index in [4.69, 9.17) is 0 Å². The zero-order chi connectivity index (χ0) is 18.8. The summed E-state index contributed by atoms with van der Waals surface area (Å²) in [7, 11) is -3.48. The molecule has 27 heavy (non-hydrogen) atoms. The summed E-state index contributed by atoms with van der Waals surface area (Å²) in [5.74, 6) is 0. The molecule has 2 aromatic heterocycles. The number of benzene rings is 2. The number of hydrogen-bond acceptors (Lipinski definition) is 4. The molecule has 0 aliphatic carbocycles. The first-order chi connectivity index (χ1) is 13.0. The fourth-order valence-electron chi connectivity index (χ4n) is 3.77. The molecule has 5 heteroatoms. The topological polar surface area (TPSA) is 34.1 Å². The van der Waals surface area contributed by atoms with E-state index in [0.717, 1.165) is 41.8 Å². The van der Waals surface area contributed by atoms with Gasteiger partial charge in [0.15, 0.2) is 0 Å². The Bertz CT molecular complexity index is 1180. The second-order valence-corrected chi connectivity index (χ2v) is 10.5. The zero-order valence-electron chi connectivity index (χ0n) is 14.8. The van der Waals surface area contributed by atoms with Gasteiger partial charge in [-0.25, -0.2) is 8.42 Å². The quantitative estimate of drug-likeness (QED) is 0.331. The standard InChI is InChI=1S/C22H16O2S3/c1-13-17(15-9-5-3-6-10-15)25-19-20-22(27(23,24)21(13)19)14(2)18(26-20)16-11-7-4-8-12-16/h3-12H,1-2H3. The van der Waals surface area contributed by atoms with E-state index in [1.807, 2.05) is 74.5 Å². The van der Waals surface area contributed by atoms with Crippen molar-refractivity contribution in [3.05, 3.63) is 71.8 Å². The molecule has 134 valence electrons. The van der Waals surface area contributed by atoms with E-state index in [1.165, 1.54) is 0 Å². The lowest BCUT2D eigenvalue weighted by molar-refractivity contribution is 0.598. The van der Waals surface area contributed by atoms with Crippen molar-refractivity contribution in [3.8, 4) is 30.6 Å². The predicted octanol–water partition coefficient (Wildman–Crippen LogP) is 6.57. The molecule has 2 aromatic carbocycles. The van der Waals surface area contributed by atoms with Crippen molar-refractivity contribution in [2.45, 2.75) is 23.6 Å². The summed E-state index contributed by atoms with van der Waals surface area (Å²) in [4.78, 5) is 4.91. The average molecular weight is 409 g/mol. The van der Waals surface area contributed by atoms with E-state index < -0.39 is 9.84 Å². The van der Waals surface area contributed by atoms with Crippen LogP contribution in [0.1, 0.15) is 11.1 Å². The van der Waals surface area contributed by atoms with Crippen molar-refractivity contribution in [2.75, 3.05) is 0 Å². The lowest BCUT2D eigenvalue weighted by Crippen LogP contribution is -1.99. The van der Waals surface area contributed by atoms with Gasteiger partial charge in [-0.2, -0.15) is 0 Å². The molecule has 1 aliphatic rings. The van der Waals surface area contributed by atoms with Crippen LogP contribution in [0.2, 0.25) is 0 Å². The van der Waals surface area contributed by atoms with Gasteiger partial charge in [0.2, 0.25) is 9.84 Å². The number of rotatable bonds is 2. The highest BCUT2D eigenvalue weighted by atomic mass is 32.2. The van der Waals surface area contributed by atoms with Crippen molar-refractivity contribution in [3.63, 3.8) is 0 Å². The molecule has 3 heterocycles. The summed E-state index contributed by atoms with van der Waals surface area (Å²) in [6.07, 6.45) is 0. The van der Waals surface area contributed by atoms with Crippen molar-refractivity contribution >= 4 is 32.5 Å². The first-order valence-electron chi connectivity index (χ1n) is 8.63. The van der Waals surface area contributed by atoms with Crippen LogP contribution in [-0.4, -0.2) is 8.42 Å². The SMILES string of the molecule is Cc1c(-c2ccccc2)sc2c1S(=O)(=O)c1c-2sc(-c2ccccc2)c1C. The summed E-state index contributed by atoms with van der Waals surface area (Å²) < 4.78 is 26.8. The Labute approximate surface area is 166 Å². The Morgan fingerprint density at radius 3 is 1.33 bits per heavy atom. The maximum absolute atomic E-state index is 13.4. The number of thiophene rings is 2. The molecule has 0 atom stereocenters. The second kappa shape index (κ2) is 5.89. The molecule has 0 N–H and O–H groups in total. The highest BCUT2D eigenvalue weighted by molar-refractivity contribution is 7.92. The molecular weight excluding hydrogens is 392 g/mol. The third-order valence-corrected chi connectivity index (χ3v) is 10.2. The normalized spacial score (nSPS) is 14.1. The van der Waals surface area contributed by atoms with Crippen LogP contribution in [0.5, 0.6) is 0 Å². The van der Waals surface area contributed by atoms with Crippen LogP contribution in [0.3, 0.4) is 0 Å². The minimum Gasteiger partial charge on any atom is -0.218 e. The monoisotopic (exact) mass is 408 g/mol. The second-order valence-electron chi connectivity index (χ2n) is 6.66. The zero-order valence-corrected chi connectivity index (χ0v) is 17.3. The third kappa shape index (κ3) is 2.32. The summed E-state index contributed by atoms with van der Waals surface area (Å²) in [5.41, 5.74) is 3.88. The molecule has 0 bridgehead atoms. The lowest BCUT2D eigenvalue weighted by Gasteiger charge is -2.04. The predicted molar refractivity (Wildman–Crippen MR) is 113 cm³/mol. The molecule has 4 aromatic rings. The minimum absolute atomic E-state index is 0.510. The van der Waals surface area contributed by atoms with Crippen LogP contribution in [0.15, 0.2) is 70.5 Å². The van der Waals surface area contributed by atoms with Gasteiger partial charge in [0.1, 0.15) is 0 Å². The van der Waals surface area contributed by atoms with Crippen LogP contribution in [0, 0.1) is 13.8 Å². The number of fused-ring (bicyclic) bond motifs is 3. The molecule has 5 rings (SSSR count). The molecule has 0 unspecified atom stereocenters. The molecular formula is C22H16O2S3. The summed E-state index contributed by atoms with van der Waals surface area (Å²) in [6.45, 7) is 3.86. The molecule has 1 aliphatic heterocycles. The van der Waals surface area contributed by atoms with Gasteiger partial charge < -0.3 is 0 Å². The molecule has 2 nitrogen and oxygen atoms in total. The number of sulfone groups is 1. The Kier molecular flexibility index (Phi) is 3.69. The Hall–Kier alpha value is -2.21. The van der Waals surface area contributed by atoms with Crippen LogP contribution in [0.4, 0.5) is 0 Å². The maximum Gasteiger partial charge on any atom is 0.210 e. The summed E-state index contributed by atoms with van der Waals surface area (Å²) in [5, 5.41) is 0. The van der Waals surface area contributed by atoms with E-state index in [0.29, 0.717) is 9.79 Å². The van der Waals surface area contributed by atoms with Gasteiger partial charge in [-0.15, -0.1) is 22.7 Å². The highest BCUT2D eigenvalue weighted by Gasteiger charge is 2.41. The minimum atomic E-state index is -3.48. The van der Waals surface area contributed by atoms with Crippen LogP contribution < -0.4 is 0 Å². The molecule has 0 spiro atoms. The van der Waals surface area contributed by atoms with Crippen molar-refractivity contribution in [2.24, 2.45) is 0 Å². The van der Waals surface area contributed by atoms with E-state index in [1.54, 1.807) is 22.7 Å². The maximum atomic E-state index is 13.4. The Morgan fingerprint density at radius 1 is 0.593 bits per heavy atom. The van der Waals surface area contributed by atoms with Crippen LogP contribution in [0.25, 0.3) is 30.6 Å². The molecule has 0 amide bonds. The van der Waals surface area contributed by atoms with Gasteiger partial charge in [-0.3, -0.25) is 0 Å². The fourth-order valence-corrected chi connectivity index (χ4v) is 9.41.